The number of halogens is 1. The van der Waals surface area contributed by atoms with Gasteiger partial charge in [-0.25, -0.2) is 13.9 Å². The van der Waals surface area contributed by atoms with Gasteiger partial charge in [0.15, 0.2) is 17.1 Å². The van der Waals surface area contributed by atoms with Gasteiger partial charge in [-0.15, -0.1) is 0 Å². The number of anilines is 1. The molecule has 2 aromatic heterocycles. The van der Waals surface area contributed by atoms with Crippen molar-refractivity contribution in [1.29, 1.82) is 0 Å². The van der Waals surface area contributed by atoms with Crippen LogP contribution in [0.1, 0.15) is 18.5 Å². The standard InChI is InChI=1S/C26H25FN4O4/c1-33-14-20-25(17-6-9-22-23(11-17)35-15-34-22)26-28-24(30-10-2-3-19(30)13-32)12-21(31(26)29-20)16-4-7-18(27)8-5-16/h4-9,11-12,19,32H,2-3,10,13-15H2,1H3. The van der Waals surface area contributed by atoms with E-state index in [0.717, 1.165) is 53.3 Å². The van der Waals surface area contributed by atoms with Crippen molar-refractivity contribution in [2.45, 2.75) is 25.5 Å². The van der Waals surface area contributed by atoms with Crippen molar-refractivity contribution >= 4 is 11.5 Å². The minimum absolute atomic E-state index is 0.00128. The Balaban J connectivity index is 1.62. The molecular weight excluding hydrogens is 451 g/mol. The Labute approximate surface area is 201 Å². The highest BCUT2D eigenvalue weighted by molar-refractivity contribution is 5.84. The topological polar surface area (TPSA) is 81.4 Å². The molecule has 9 heteroatoms. The molecule has 1 unspecified atom stereocenters. The van der Waals surface area contributed by atoms with E-state index >= 15 is 0 Å². The molecule has 6 rings (SSSR count). The molecule has 180 valence electrons. The van der Waals surface area contributed by atoms with Gasteiger partial charge < -0.3 is 24.2 Å². The fourth-order valence-electron chi connectivity index (χ4n) is 4.93. The number of rotatable bonds is 6. The van der Waals surface area contributed by atoms with E-state index in [1.165, 1.54) is 12.1 Å². The number of ether oxygens (including phenoxy) is 3. The van der Waals surface area contributed by atoms with E-state index in [0.29, 0.717) is 17.1 Å². The van der Waals surface area contributed by atoms with E-state index in [2.05, 4.69) is 4.90 Å². The van der Waals surface area contributed by atoms with Crippen molar-refractivity contribution in [1.82, 2.24) is 14.6 Å². The highest BCUT2D eigenvalue weighted by atomic mass is 19.1. The molecule has 0 bridgehead atoms. The van der Waals surface area contributed by atoms with Crippen LogP contribution in [0.25, 0.3) is 28.0 Å². The fraction of sp³-hybridized carbons (Fsp3) is 0.308. The first-order valence-electron chi connectivity index (χ1n) is 11.6. The molecule has 1 fully saturated rings. The molecule has 0 radical (unpaired) electrons. The van der Waals surface area contributed by atoms with Crippen LogP contribution in [0.15, 0.2) is 48.5 Å². The van der Waals surface area contributed by atoms with Gasteiger partial charge in [0.2, 0.25) is 6.79 Å². The van der Waals surface area contributed by atoms with Crippen LogP contribution in [0.4, 0.5) is 10.2 Å². The number of aliphatic hydroxyl groups is 1. The van der Waals surface area contributed by atoms with Crippen molar-refractivity contribution < 1.29 is 23.7 Å². The van der Waals surface area contributed by atoms with Crippen molar-refractivity contribution in [3.63, 3.8) is 0 Å². The second-order valence-corrected chi connectivity index (χ2v) is 8.74. The summed E-state index contributed by atoms with van der Waals surface area (Å²) in [4.78, 5) is 7.18. The smallest absolute Gasteiger partial charge is 0.231 e. The van der Waals surface area contributed by atoms with Crippen LogP contribution in [-0.4, -0.2) is 52.8 Å². The summed E-state index contributed by atoms with van der Waals surface area (Å²) in [6.07, 6.45) is 1.88. The van der Waals surface area contributed by atoms with Gasteiger partial charge in [0.05, 0.1) is 36.2 Å². The van der Waals surface area contributed by atoms with E-state index in [-0.39, 0.29) is 31.9 Å². The molecule has 4 aromatic rings. The Morgan fingerprint density at radius 3 is 2.69 bits per heavy atom. The van der Waals surface area contributed by atoms with Gasteiger partial charge >= 0.3 is 0 Å². The van der Waals surface area contributed by atoms with Gasteiger partial charge in [-0.2, -0.15) is 5.10 Å². The van der Waals surface area contributed by atoms with E-state index in [1.807, 2.05) is 24.3 Å². The van der Waals surface area contributed by atoms with Crippen LogP contribution >= 0.6 is 0 Å². The number of hydrogen-bond donors (Lipinski definition) is 1. The number of aromatic nitrogens is 3. The number of nitrogens with zero attached hydrogens (tertiary/aromatic N) is 4. The summed E-state index contributed by atoms with van der Waals surface area (Å²) in [7, 11) is 1.63. The van der Waals surface area contributed by atoms with Gasteiger partial charge in [0, 0.05) is 25.3 Å². The molecule has 1 N–H and O–H groups in total. The van der Waals surface area contributed by atoms with E-state index in [4.69, 9.17) is 24.3 Å². The summed E-state index contributed by atoms with van der Waals surface area (Å²) in [5.74, 6) is 1.81. The Bertz CT molecular complexity index is 1390. The molecule has 8 nitrogen and oxygen atoms in total. The highest BCUT2D eigenvalue weighted by Crippen LogP contribution is 2.40. The van der Waals surface area contributed by atoms with Crippen molar-refractivity contribution in [3.05, 3.63) is 60.0 Å². The van der Waals surface area contributed by atoms with Crippen LogP contribution in [0.5, 0.6) is 11.5 Å². The molecule has 1 saturated heterocycles. The van der Waals surface area contributed by atoms with Gasteiger partial charge in [-0.3, -0.25) is 0 Å². The third-order valence-electron chi connectivity index (χ3n) is 6.61. The summed E-state index contributed by atoms with van der Waals surface area (Å²) in [5.41, 5.74) is 4.67. The van der Waals surface area contributed by atoms with Crippen LogP contribution in [0.3, 0.4) is 0 Å². The SMILES string of the molecule is COCc1nn2c(-c3ccc(F)cc3)cc(N3CCCC3CO)nc2c1-c1ccc2c(c1)OCO2. The molecule has 35 heavy (non-hydrogen) atoms. The molecular formula is C26H25FN4O4. The number of hydrogen-bond acceptors (Lipinski definition) is 7. The molecule has 0 aliphatic carbocycles. The number of aliphatic hydroxyl groups excluding tert-OH is 1. The Hall–Kier alpha value is -3.69. The monoisotopic (exact) mass is 476 g/mol. The Morgan fingerprint density at radius 2 is 1.89 bits per heavy atom. The molecule has 4 heterocycles. The number of benzene rings is 2. The van der Waals surface area contributed by atoms with E-state index in [1.54, 1.807) is 23.8 Å². The second kappa shape index (κ2) is 8.83. The molecule has 0 spiro atoms. The summed E-state index contributed by atoms with van der Waals surface area (Å²) in [5, 5.41) is 14.8. The third kappa shape index (κ3) is 3.77. The molecule has 0 amide bonds. The van der Waals surface area contributed by atoms with Crippen LogP contribution < -0.4 is 14.4 Å². The van der Waals surface area contributed by atoms with Crippen LogP contribution in [0.2, 0.25) is 0 Å². The van der Waals surface area contributed by atoms with E-state index < -0.39 is 0 Å². The van der Waals surface area contributed by atoms with Gasteiger partial charge in [0.25, 0.3) is 0 Å². The Morgan fingerprint density at radius 1 is 1.09 bits per heavy atom. The summed E-state index contributed by atoms with van der Waals surface area (Å²) in [6, 6.07) is 14.1. The summed E-state index contributed by atoms with van der Waals surface area (Å²) < 4.78 is 32.1. The lowest BCUT2D eigenvalue weighted by Crippen LogP contribution is -2.32. The maximum absolute atomic E-state index is 13.7. The molecule has 2 aliphatic heterocycles. The largest absolute Gasteiger partial charge is 0.454 e. The highest BCUT2D eigenvalue weighted by Gasteiger charge is 2.28. The zero-order chi connectivity index (χ0) is 23.9. The minimum Gasteiger partial charge on any atom is -0.454 e. The molecule has 2 aromatic carbocycles. The predicted octanol–water partition coefficient (Wildman–Crippen LogP) is 4.04. The Kier molecular flexibility index (Phi) is 5.50. The average Bonchev–Trinajstić information content (AvgIpc) is 3.61. The number of fused-ring (bicyclic) bond motifs is 2. The fourth-order valence-corrected chi connectivity index (χ4v) is 4.93. The zero-order valence-corrected chi connectivity index (χ0v) is 19.3. The average molecular weight is 477 g/mol. The first-order chi connectivity index (χ1) is 17.2. The van der Waals surface area contributed by atoms with Crippen LogP contribution in [-0.2, 0) is 11.3 Å². The second-order valence-electron chi connectivity index (χ2n) is 8.74. The number of methoxy groups -OCH3 is 1. The molecule has 1 atom stereocenters. The van der Waals surface area contributed by atoms with Gasteiger partial charge in [0.1, 0.15) is 11.6 Å². The lowest BCUT2D eigenvalue weighted by Gasteiger charge is -2.25. The summed E-state index contributed by atoms with van der Waals surface area (Å²) in [6.45, 7) is 1.33. The van der Waals surface area contributed by atoms with Gasteiger partial charge in [-0.1, -0.05) is 6.07 Å². The van der Waals surface area contributed by atoms with E-state index in [9.17, 15) is 9.50 Å². The lowest BCUT2D eigenvalue weighted by molar-refractivity contribution is 0.174. The third-order valence-corrected chi connectivity index (χ3v) is 6.61. The quantitative estimate of drug-likeness (QED) is 0.450. The first-order valence-corrected chi connectivity index (χ1v) is 11.6. The maximum atomic E-state index is 13.7. The zero-order valence-electron chi connectivity index (χ0n) is 19.3. The van der Waals surface area contributed by atoms with Crippen molar-refractivity contribution in [3.8, 4) is 33.9 Å². The minimum atomic E-state index is -0.305. The maximum Gasteiger partial charge on any atom is 0.231 e. The summed E-state index contributed by atoms with van der Waals surface area (Å²) >= 11 is 0. The van der Waals surface area contributed by atoms with Gasteiger partial charge in [-0.05, 0) is 54.8 Å². The predicted molar refractivity (Wildman–Crippen MR) is 128 cm³/mol. The van der Waals surface area contributed by atoms with Crippen molar-refractivity contribution in [2.24, 2.45) is 0 Å². The lowest BCUT2D eigenvalue weighted by atomic mass is 10.0. The first kappa shape index (κ1) is 21.8. The normalized spacial score (nSPS) is 17.0. The molecule has 0 saturated carbocycles. The van der Waals surface area contributed by atoms with Crippen LogP contribution in [0, 0.1) is 5.82 Å². The van der Waals surface area contributed by atoms with Crippen molar-refractivity contribution in [2.75, 3.05) is 32.0 Å². The molecule has 2 aliphatic rings.